The van der Waals surface area contributed by atoms with Gasteiger partial charge in [0.25, 0.3) is 0 Å². The summed E-state index contributed by atoms with van der Waals surface area (Å²) in [7, 11) is 0. The van der Waals surface area contributed by atoms with E-state index in [-0.39, 0.29) is 0 Å². The van der Waals surface area contributed by atoms with E-state index >= 15 is 0 Å². The molecule has 0 radical (unpaired) electrons. The summed E-state index contributed by atoms with van der Waals surface area (Å²) in [6.45, 7) is 6.16. The highest BCUT2D eigenvalue weighted by Gasteiger charge is 2.04. The summed E-state index contributed by atoms with van der Waals surface area (Å²) in [4.78, 5) is 8.57. The Hall–Kier alpha value is -1.84. The van der Waals surface area contributed by atoms with Crippen LogP contribution in [-0.4, -0.2) is 21.1 Å². The van der Waals surface area contributed by atoms with Crippen LogP contribution in [-0.2, 0) is 13.0 Å². The molecule has 0 spiro atoms. The largest absolute Gasteiger partial charge is 0.356 e. The average Bonchev–Trinajstić information content (AvgIpc) is 2.78. The van der Waals surface area contributed by atoms with Crippen molar-refractivity contribution < 1.29 is 0 Å². The molecule has 0 aliphatic carbocycles. The highest BCUT2D eigenvalue weighted by molar-refractivity contribution is 5.28. The van der Waals surface area contributed by atoms with Crippen molar-refractivity contribution in [3.63, 3.8) is 0 Å². The topological polar surface area (TPSA) is 42.7 Å². The Morgan fingerprint density at radius 2 is 2.05 bits per heavy atom. The van der Waals surface area contributed by atoms with Crippen molar-refractivity contribution in [1.29, 1.82) is 0 Å². The maximum atomic E-state index is 4.53. The maximum Gasteiger partial charge on any atom is 0.203 e. The van der Waals surface area contributed by atoms with Gasteiger partial charge in [-0.2, -0.15) is 0 Å². The molecule has 0 saturated carbocycles. The third kappa shape index (κ3) is 4.09. The summed E-state index contributed by atoms with van der Waals surface area (Å²) in [6, 6.07) is 4.13. The molecule has 0 aliphatic rings. The molecule has 0 amide bonds. The quantitative estimate of drug-likeness (QED) is 0.776. The fourth-order valence-corrected chi connectivity index (χ4v) is 2.03. The Morgan fingerprint density at radius 3 is 2.79 bits per heavy atom. The van der Waals surface area contributed by atoms with Crippen LogP contribution in [0.4, 0.5) is 5.95 Å². The van der Waals surface area contributed by atoms with Gasteiger partial charge in [0.1, 0.15) is 0 Å². The molecule has 2 rings (SSSR count). The Labute approximate surface area is 114 Å². The lowest BCUT2D eigenvalue weighted by Crippen LogP contribution is -2.09. The number of rotatable bonds is 7. The Morgan fingerprint density at radius 1 is 1.26 bits per heavy atom. The number of unbranched alkanes of at least 4 members (excludes halogenated alkanes) is 1. The van der Waals surface area contributed by atoms with E-state index in [1.165, 1.54) is 18.4 Å². The van der Waals surface area contributed by atoms with Gasteiger partial charge in [0.05, 0.1) is 5.69 Å². The first-order valence-corrected chi connectivity index (χ1v) is 6.96. The summed E-state index contributed by atoms with van der Waals surface area (Å²) in [5, 5.41) is 3.41. The molecule has 0 aliphatic heterocycles. The fourth-order valence-electron chi connectivity index (χ4n) is 2.03. The van der Waals surface area contributed by atoms with Crippen molar-refractivity contribution in [1.82, 2.24) is 14.5 Å². The summed E-state index contributed by atoms with van der Waals surface area (Å²) in [6.07, 6.45) is 9.17. The molecule has 0 fully saturated rings. The van der Waals surface area contributed by atoms with Crippen LogP contribution in [0, 0.1) is 6.92 Å². The van der Waals surface area contributed by atoms with E-state index in [0.29, 0.717) is 0 Å². The predicted molar refractivity (Wildman–Crippen MR) is 78.3 cm³/mol. The van der Waals surface area contributed by atoms with E-state index in [1.807, 2.05) is 19.3 Å². The van der Waals surface area contributed by atoms with Crippen molar-refractivity contribution in [2.75, 3.05) is 11.9 Å². The van der Waals surface area contributed by atoms with Gasteiger partial charge in [0, 0.05) is 31.7 Å². The minimum absolute atomic E-state index is 0.944. The highest BCUT2D eigenvalue weighted by Crippen LogP contribution is 2.10. The number of hydrogen-bond donors (Lipinski definition) is 1. The van der Waals surface area contributed by atoms with Crippen molar-refractivity contribution in [2.24, 2.45) is 0 Å². The second-order valence-corrected chi connectivity index (χ2v) is 4.79. The summed E-state index contributed by atoms with van der Waals surface area (Å²) >= 11 is 0. The van der Waals surface area contributed by atoms with Crippen LogP contribution in [0.25, 0.3) is 0 Å². The molecule has 19 heavy (non-hydrogen) atoms. The Balaban J connectivity index is 1.95. The standard InChI is InChI=1S/C15H22N4/c1-3-4-8-17-15-18-13(2)12-19(15)11-7-14-5-9-16-10-6-14/h5-6,9-10,12H,3-4,7-8,11H2,1-2H3,(H,17,18). The molecule has 0 aromatic carbocycles. The second kappa shape index (κ2) is 6.92. The summed E-state index contributed by atoms with van der Waals surface area (Å²) in [5.41, 5.74) is 2.37. The Kier molecular flexibility index (Phi) is 4.95. The van der Waals surface area contributed by atoms with Crippen LogP contribution in [0.15, 0.2) is 30.7 Å². The van der Waals surface area contributed by atoms with Crippen molar-refractivity contribution in [3.8, 4) is 0 Å². The first-order valence-electron chi connectivity index (χ1n) is 6.96. The molecule has 2 heterocycles. The molecule has 2 aromatic rings. The lowest BCUT2D eigenvalue weighted by atomic mass is 10.2. The van der Waals surface area contributed by atoms with E-state index in [9.17, 15) is 0 Å². The van der Waals surface area contributed by atoms with Gasteiger partial charge in [-0.15, -0.1) is 0 Å². The molecule has 4 heteroatoms. The van der Waals surface area contributed by atoms with Crippen LogP contribution >= 0.6 is 0 Å². The highest BCUT2D eigenvalue weighted by atomic mass is 15.2. The molecule has 1 N–H and O–H groups in total. The third-order valence-electron chi connectivity index (χ3n) is 3.10. The summed E-state index contributed by atoms with van der Waals surface area (Å²) < 4.78 is 2.20. The molecule has 0 atom stereocenters. The number of pyridine rings is 1. The van der Waals surface area contributed by atoms with Gasteiger partial charge in [0.2, 0.25) is 5.95 Å². The van der Waals surface area contributed by atoms with E-state index in [2.05, 4.69) is 45.1 Å². The van der Waals surface area contributed by atoms with Crippen molar-refractivity contribution in [2.45, 2.75) is 39.7 Å². The summed E-state index contributed by atoms with van der Waals surface area (Å²) in [5.74, 6) is 0.986. The number of nitrogens with zero attached hydrogens (tertiary/aromatic N) is 3. The zero-order valence-electron chi connectivity index (χ0n) is 11.8. The predicted octanol–water partition coefficient (Wildman–Crippen LogP) is 3.04. The fraction of sp³-hybridized carbons (Fsp3) is 0.467. The molecular weight excluding hydrogens is 236 g/mol. The van der Waals surface area contributed by atoms with Crippen LogP contribution in [0.2, 0.25) is 0 Å². The van der Waals surface area contributed by atoms with Gasteiger partial charge in [-0.1, -0.05) is 13.3 Å². The third-order valence-corrected chi connectivity index (χ3v) is 3.10. The monoisotopic (exact) mass is 258 g/mol. The molecular formula is C15H22N4. The second-order valence-electron chi connectivity index (χ2n) is 4.79. The Bertz CT molecular complexity index is 490. The van der Waals surface area contributed by atoms with Crippen LogP contribution < -0.4 is 5.32 Å². The van der Waals surface area contributed by atoms with E-state index in [1.54, 1.807) is 0 Å². The zero-order valence-corrected chi connectivity index (χ0v) is 11.8. The smallest absolute Gasteiger partial charge is 0.203 e. The minimum Gasteiger partial charge on any atom is -0.356 e. The lowest BCUT2D eigenvalue weighted by molar-refractivity contribution is 0.694. The average molecular weight is 258 g/mol. The van der Waals surface area contributed by atoms with E-state index < -0.39 is 0 Å². The van der Waals surface area contributed by atoms with Gasteiger partial charge in [-0.3, -0.25) is 4.98 Å². The van der Waals surface area contributed by atoms with Gasteiger partial charge in [-0.05, 0) is 37.5 Å². The minimum atomic E-state index is 0.944. The molecule has 0 unspecified atom stereocenters. The molecule has 102 valence electrons. The van der Waals surface area contributed by atoms with Crippen LogP contribution in [0.3, 0.4) is 0 Å². The molecule has 0 bridgehead atoms. The first kappa shape index (κ1) is 13.6. The number of hydrogen-bond acceptors (Lipinski definition) is 3. The zero-order chi connectivity index (χ0) is 13.5. The van der Waals surface area contributed by atoms with Gasteiger partial charge < -0.3 is 9.88 Å². The van der Waals surface area contributed by atoms with Gasteiger partial charge in [-0.25, -0.2) is 4.98 Å². The number of nitrogens with one attached hydrogen (secondary N) is 1. The number of aryl methyl sites for hydroxylation is 3. The number of anilines is 1. The molecule has 0 saturated heterocycles. The molecule has 4 nitrogen and oxygen atoms in total. The van der Waals surface area contributed by atoms with E-state index in [4.69, 9.17) is 0 Å². The van der Waals surface area contributed by atoms with Crippen molar-refractivity contribution >= 4 is 5.95 Å². The van der Waals surface area contributed by atoms with Crippen LogP contribution in [0.5, 0.6) is 0 Å². The maximum absolute atomic E-state index is 4.53. The SMILES string of the molecule is CCCCNc1nc(C)cn1CCc1ccncc1. The molecule has 2 aromatic heterocycles. The van der Waals surface area contributed by atoms with Crippen molar-refractivity contribution in [3.05, 3.63) is 42.0 Å². The van der Waals surface area contributed by atoms with Gasteiger partial charge >= 0.3 is 0 Å². The van der Waals surface area contributed by atoms with Crippen LogP contribution in [0.1, 0.15) is 31.0 Å². The van der Waals surface area contributed by atoms with Gasteiger partial charge in [0.15, 0.2) is 0 Å². The number of imidazole rings is 1. The normalized spacial score (nSPS) is 10.6. The lowest BCUT2D eigenvalue weighted by Gasteiger charge is -2.09. The number of aromatic nitrogens is 3. The van der Waals surface area contributed by atoms with E-state index in [0.717, 1.165) is 31.2 Å². The first-order chi connectivity index (χ1) is 9.29.